The van der Waals surface area contributed by atoms with Crippen LogP contribution in [0.2, 0.25) is 0 Å². The van der Waals surface area contributed by atoms with Crippen molar-refractivity contribution in [1.29, 1.82) is 0 Å². The van der Waals surface area contributed by atoms with E-state index in [1.165, 1.54) is 10.8 Å². The van der Waals surface area contributed by atoms with Crippen LogP contribution in [0.4, 0.5) is 5.82 Å². The summed E-state index contributed by atoms with van der Waals surface area (Å²) in [5.74, 6) is 0.633. The number of nitrogens with one attached hydrogen (secondary N) is 2. The molecule has 7 nitrogen and oxygen atoms in total. The maximum atomic E-state index is 11.6. The number of hydrogen-bond acceptors (Lipinski definition) is 5. The van der Waals surface area contributed by atoms with E-state index in [9.17, 15) is 9.59 Å². The SMILES string of the molecule is Cc1cnc(C)c(NCc2cn(C)c(=O)[nH]c2=O)n1. The molecule has 0 unspecified atom stereocenters. The zero-order valence-corrected chi connectivity index (χ0v) is 11.0. The van der Waals surface area contributed by atoms with Crippen LogP contribution in [0.5, 0.6) is 0 Å². The van der Waals surface area contributed by atoms with Gasteiger partial charge in [-0.3, -0.25) is 14.8 Å². The molecule has 0 spiro atoms. The van der Waals surface area contributed by atoms with E-state index in [0.717, 1.165) is 11.4 Å². The summed E-state index contributed by atoms with van der Waals surface area (Å²) in [5, 5.41) is 3.05. The molecule has 2 aromatic rings. The second kappa shape index (κ2) is 5.05. The quantitative estimate of drug-likeness (QED) is 0.817. The van der Waals surface area contributed by atoms with Gasteiger partial charge < -0.3 is 9.88 Å². The van der Waals surface area contributed by atoms with Crippen molar-refractivity contribution < 1.29 is 0 Å². The van der Waals surface area contributed by atoms with Gasteiger partial charge in [-0.1, -0.05) is 0 Å². The van der Waals surface area contributed by atoms with E-state index in [1.807, 2.05) is 13.8 Å². The summed E-state index contributed by atoms with van der Waals surface area (Å²) >= 11 is 0. The molecular weight excluding hydrogens is 246 g/mol. The standard InChI is InChI=1S/C12H15N5O2/c1-7-4-13-8(2)10(15-7)14-5-9-6-17(3)12(19)16-11(9)18/h4,6H,5H2,1-3H3,(H,14,15)(H,16,18,19). The molecule has 7 heteroatoms. The molecule has 2 heterocycles. The Kier molecular flexibility index (Phi) is 3.46. The average Bonchev–Trinajstić information content (AvgIpc) is 2.36. The number of hydrogen-bond donors (Lipinski definition) is 2. The van der Waals surface area contributed by atoms with Gasteiger partial charge in [0.25, 0.3) is 5.56 Å². The Morgan fingerprint density at radius 1 is 1.37 bits per heavy atom. The van der Waals surface area contributed by atoms with E-state index in [1.54, 1.807) is 13.2 Å². The Bertz CT molecular complexity index is 717. The van der Waals surface area contributed by atoms with Gasteiger partial charge in [-0.15, -0.1) is 0 Å². The average molecular weight is 261 g/mol. The van der Waals surface area contributed by atoms with Crippen molar-refractivity contribution in [2.24, 2.45) is 7.05 Å². The third kappa shape index (κ3) is 2.87. The fourth-order valence-corrected chi connectivity index (χ4v) is 1.63. The molecule has 2 aromatic heterocycles. The lowest BCUT2D eigenvalue weighted by atomic mass is 10.3. The van der Waals surface area contributed by atoms with Crippen LogP contribution in [-0.4, -0.2) is 19.5 Å². The van der Waals surface area contributed by atoms with Crippen molar-refractivity contribution in [2.75, 3.05) is 5.32 Å². The third-order valence-corrected chi connectivity index (χ3v) is 2.70. The van der Waals surface area contributed by atoms with Crippen molar-refractivity contribution in [3.05, 3.63) is 50.2 Å². The number of anilines is 1. The molecule has 19 heavy (non-hydrogen) atoms. The molecule has 0 amide bonds. The minimum Gasteiger partial charge on any atom is -0.364 e. The third-order valence-electron chi connectivity index (χ3n) is 2.70. The zero-order chi connectivity index (χ0) is 14.0. The minimum absolute atomic E-state index is 0.280. The highest BCUT2D eigenvalue weighted by atomic mass is 16.2. The van der Waals surface area contributed by atoms with E-state index in [-0.39, 0.29) is 6.54 Å². The van der Waals surface area contributed by atoms with E-state index in [4.69, 9.17) is 0 Å². The molecule has 0 bridgehead atoms. The van der Waals surface area contributed by atoms with Crippen LogP contribution in [0.3, 0.4) is 0 Å². The summed E-state index contributed by atoms with van der Waals surface area (Å²) in [6, 6.07) is 0. The number of aromatic nitrogens is 4. The van der Waals surface area contributed by atoms with Crippen LogP contribution < -0.4 is 16.6 Å². The van der Waals surface area contributed by atoms with Gasteiger partial charge in [-0.25, -0.2) is 9.78 Å². The van der Waals surface area contributed by atoms with Gasteiger partial charge in [0.05, 0.1) is 17.0 Å². The molecule has 0 radical (unpaired) electrons. The molecule has 0 fully saturated rings. The van der Waals surface area contributed by atoms with E-state index in [0.29, 0.717) is 11.4 Å². The van der Waals surface area contributed by atoms with Gasteiger partial charge in [0.2, 0.25) is 0 Å². The topological polar surface area (TPSA) is 92.7 Å². The highest BCUT2D eigenvalue weighted by Crippen LogP contribution is 2.09. The summed E-state index contributed by atoms with van der Waals surface area (Å²) in [4.78, 5) is 33.6. The molecule has 0 aliphatic rings. The number of rotatable bonds is 3. The van der Waals surface area contributed by atoms with Crippen molar-refractivity contribution in [2.45, 2.75) is 20.4 Å². The van der Waals surface area contributed by atoms with Gasteiger partial charge in [-0.05, 0) is 13.8 Å². The summed E-state index contributed by atoms with van der Waals surface area (Å²) in [6.07, 6.45) is 3.19. The first-order chi connectivity index (χ1) is 8.97. The number of nitrogens with zero attached hydrogens (tertiary/aromatic N) is 3. The van der Waals surface area contributed by atoms with Crippen LogP contribution in [0.1, 0.15) is 17.0 Å². The highest BCUT2D eigenvalue weighted by Gasteiger charge is 2.05. The zero-order valence-electron chi connectivity index (χ0n) is 11.0. The van der Waals surface area contributed by atoms with Gasteiger partial charge in [0, 0.05) is 26.0 Å². The summed E-state index contributed by atoms with van der Waals surface area (Å²) in [7, 11) is 1.58. The monoisotopic (exact) mass is 261 g/mol. The number of H-pyrrole nitrogens is 1. The summed E-state index contributed by atoms with van der Waals surface area (Å²) in [5.41, 5.74) is 1.19. The van der Waals surface area contributed by atoms with Crippen LogP contribution in [0, 0.1) is 13.8 Å². The van der Waals surface area contributed by atoms with Gasteiger partial charge >= 0.3 is 5.69 Å². The maximum absolute atomic E-state index is 11.6. The second-order valence-corrected chi connectivity index (χ2v) is 4.32. The van der Waals surface area contributed by atoms with E-state index < -0.39 is 11.2 Å². The van der Waals surface area contributed by atoms with Crippen molar-refractivity contribution in [3.63, 3.8) is 0 Å². The molecule has 100 valence electrons. The lowest BCUT2D eigenvalue weighted by Gasteiger charge is -2.08. The Labute approximate surface area is 109 Å². The van der Waals surface area contributed by atoms with Crippen LogP contribution in [0.15, 0.2) is 22.0 Å². The number of aryl methyl sites for hydroxylation is 3. The first kappa shape index (κ1) is 13.0. The molecular formula is C12H15N5O2. The predicted molar refractivity (Wildman–Crippen MR) is 71.1 cm³/mol. The second-order valence-electron chi connectivity index (χ2n) is 4.32. The first-order valence-electron chi connectivity index (χ1n) is 5.80. The Balaban J connectivity index is 2.24. The maximum Gasteiger partial charge on any atom is 0.328 e. The van der Waals surface area contributed by atoms with E-state index >= 15 is 0 Å². The fourth-order valence-electron chi connectivity index (χ4n) is 1.63. The molecule has 0 aliphatic carbocycles. The van der Waals surface area contributed by atoms with Crippen LogP contribution >= 0.6 is 0 Å². The molecule has 2 N–H and O–H groups in total. The lowest BCUT2D eigenvalue weighted by molar-refractivity contribution is 0.778. The molecule has 0 saturated heterocycles. The summed E-state index contributed by atoms with van der Waals surface area (Å²) in [6.45, 7) is 3.96. The Morgan fingerprint density at radius 3 is 2.84 bits per heavy atom. The summed E-state index contributed by atoms with van der Waals surface area (Å²) < 4.78 is 1.33. The molecule has 0 aromatic carbocycles. The van der Waals surface area contributed by atoms with Crippen molar-refractivity contribution in [1.82, 2.24) is 19.5 Å². The van der Waals surface area contributed by atoms with Gasteiger partial charge in [0.15, 0.2) is 0 Å². The molecule has 0 saturated carbocycles. The fraction of sp³-hybridized carbons (Fsp3) is 0.333. The lowest BCUT2D eigenvalue weighted by Crippen LogP contribution is -2.31. The molecule has 0 atom stereocenters. The van der Waals surface area contributed by atoms with E-state index in [2.05, 4.69) is 20.3 Å². The Morgan fingerprint density at radius 2 is 2.11 bits per heavy atom. The molecule has 0 aliphatic heterocycles. The van der Waals surface area contributed by atoms with Gasteiger partial charge in [-0.2, -0.15) is 0 Å². The van der Waals surface area contributed by atoms with Gasteiger partial charge in [0.1, 0.15) is 5.82 Å². The number of aromatic amines is 1. The van der Waals surface area contributed by atoms with Crippen molar-refractivity contribution >= 4 is 5.82 Å². The predicted octanol–water partition coefficient (Wildman–Crippen LogP) is 0.0925. The van der Waals surface area contributed by atoms with Crippen LogP contribution in [-0.2, 0) is 13.6 Å². The normalized spacial score (nSPS) is 10.5. The Hall–Kier alpha value is -2.44. The highest BCUT2D eigenvalue weighted by molar-refractivity contribution is 5.40. The molecule has 2 rings (SSSR count). The largest absolute Gasteiger partial charge is 0.364 e. The van der Waals surface area contributed by atoms with Crippen molar-refractivity contribution in [3.8, 4) is 0 Å². The smallest absolute Gasteiger partial charge is 0.328 e. The first-order valence-corrected chi connectivity index (χ1v) is 5.80. The van der Waals surface area contributed by atoms with Crippen LogP contribution in [0.25, 0.3) is 0 Å². The minimum atomic E-state index is -0.430.